The number of carbonyl (C=O) groups excluding carboxylic acids is 2. The van der Waals surface area contributed by atoms with E-state index in [9.17, 15) is 9.59 Å². The number of anilines is 1. The minimum absolute atomic E-state index is 0.216. The first-order valence-corrected chi connectivity index (χ1v) is 9.22. The molecule has 0 aliphatic carbocycles. The normalized spacial score (nSPS) is 11.6. The van der Waals surface area contributed by atoms with Crippen LogP contribution in [0.4, 0.5) is 5.69 Å². The number of aromatic nitrogens is 1. The third-order valence-corrected chi connectivity index (χ3v) is 4.25. The van der Waals surface area contributed by atoms with Gasteiger partial charge in [0.1, 0.15) is 17.1 Å². The van der Waals surface area contributed by atoms with Gasteiger partial charge in [-0.15, -0.1) is 0 Å². The predicted octanol–water partition coefficient (Wildman–Crippen LogP) is 4.23. The summed E-state index contributed by atoms with van der Waals surface area (Å²) in [5.74, 6) is -0.305. The second-order valence-electron chi connectivity index (χ2n) is 6.31. The molecule has 1 aromatic heterocycles. The number of aryl methyl sites for hydroxylation is 2. The Morgan fingerprint density at radius 3 is 2.41 bits per heavy atom. The Morgan fingerprint density at radius 1 is 1.07 bits per heavy atom. The highest BCUT2D eigenvalue weighted by Gasteiger charge is 2.29. The number of hydrogen-bond donors (Lipinski definition) is 1. The van der Waals surface area contributed by atoms with Crippen LogP contribution in [0.3, 0.4) is 0 Å². The number of benzene rings is 2. The summed E-state index contributed by atoms with van der Waals surface area (Å²) in [5.41, 5.74) is 1.66. The molecule has 0 unspecified atom stereocenters. The topological polar surface area (TPSA) is 90.7 Å². The van der Waals surface area contributed by atoms with Crippen molar-refractivity contribution in [2.45, 2.75) is 26.9 Å². The van der Waals surface area contributed by atoms with E-state index in [2.05, 4.69) is 10.5 Å². The number of nitrogens with one attached hydrogen (secondary N) is 1. The lowest BCUT2D eigenvalue weighted by atomic mass is 10.1. The van der Waals surface area contributed by atoms with E-state index in [-0.39, 0.29) is 5.56 Å². The highest BCUT2D eigenvalue weighted by molar-refractivity contribution is 5.99. The van der Waals surface area contributed by atoms with Crippen LogP contribution in [-0.4, -0.2) is 23.6 Å². The molecule has 0 aliphatic heterocycles. The summed E-state index contributed by atoms with van der Waals surface area (Å²) in [7, 11) is 0. The maximum atomic E-state index is 13.1. The van der Waals surface area contributed by atoms with Crippen molar-refractivity contribution in [3.05, 3.63) is 77.2 Å². The maximum Gasteiger partial charge on any atom is 0.344 e. The first-order chi connectivity index (χ1) is 14.0. The van der Waals surface area contributed by atoms with Crippen molar-refractivity contribution in [2.75, 3.05) is 11.9 Å². The summed E-state index contributed by atoms with van der Waals surface area (Å²) in [6.45, 7) is 5.57. The predicted molar refractivity (Wildman–Crippen MR) is 107 cm³/mol. The van der Waals surface area contributed by atoms with Crippen LogP contribution in [0, 0.1) is 13.8 Å². The lowest BCUT2D eigenvalue weighted by molar-refractivity contribution is -0.125. The van der Waals surface area contributed by atoms with Crippen LogP contribution in [0.1, 0.15) is 40.4 Å². The highest BCUT2D eigenvalue weighted by Crippen LogP contribution is 2.27. The van der Waals surface area contributed by atoms with E-state index in [1.54, 1.807) is 56.3 Å². The lowest BCUT2D eigenvalue weighted by Crippen LogP contribution is -2.26. The second-order valence-corrected chi connectivity index (χ2v) is 6.31. The number of nitrogens with zero attached hydrogens (tertiary/aromatic N) is 1. The molecule has 29 heavy (non-hydrogen) atoms. The molecule has 0 radical (unpaired) electrons. The number of carbonyl (C=O) groups is 2. The minimum Gasteiger partial charge on any atom is -0.492 e. The van der Waals surface area contributed by atoms with E-state index in [1.165, 1.54) is 0 Å². The van der Waals surface area contributed by atoms with Gasteiger partial charge in [0.15, 0.2) is 0 Å². The van der Waals surface area contributed by atoms with E-state index < -0.39 is 18.0 Å². The van der Waals surface area contributed by atoms with Crippen molar-refractivity contribution in [1.29, 1.82) is 0 Å². The number of esters is 1. The van der Waals surface area contributed by atoms with Crippen LogP contribution in [0.2, 0.25) is 0 Å². The fraction of sp³-hybridized carbons (Fsp3) is 0.227. The van der Waals surface area contributed by atoms with E-state index in [0.717, 1.165) is 0 Å². The molecule has 3 rings (SSSR count). The van der Waals surface area contributed by atoms with Gasteiger partial charge in [-0.3, -0.25) is 4.79 Å². The SMILES string of the molecule is CCOc1ccccc1NC(=O)[C@H](OC(=O)c1c(C)noc1C)c1ccccc1. The molecule has 3 aromatic rings. The third-order valence-electron chi connectivity index (χ3n) is 4.25. The van der Waals surface area contributed by atoms with Gasteiger partial charge >= 0.3 is 5.97 Å². The summed E-state index contributed by atoms with van der Waals surface area (Å²) in [5, 5.41) is 6.56. The van der Waals surface area contributed by atoms with E-state index in [4.69, 9.17) is 14.0 Å². The smallest absolute Gasteiger partial charge is 0.344 e. The van der Waals surface area contributed by atoms with Gasteiger partial charge in [0.25, 0.3) is 5.91 Å². The Bertz CT molecular complexity index is 978. The maximum absolute atomic E-state index is 13.1. The van der Waals surface area contributed by atoms with Crippen molar-refractivity contribution in [3.63, 3.8) is 0 Å². The molecule has 0 fully saturated rings. The zero-order chi connectivity index (χ0) is 20.8. The molecule has 150 valence electrons. The van der Waals surface area contributed by atoms with Gasteiger partial charge in [-0.2, -0.15) is 0 Å². The number of amides is 1. The van der Waals surface area contributed by atoms with Crippen LogP contribution in [0.15, 0.2) is 59.1 Å². The first-order valence-electron chi connectivity index (χ1n) is 9.22. The molecule has 0 spiro atoms. The van der Waals surface area contributed by atoms with Crippen LogP contribution in [-0.2, 0) is 9.53 Å². The molecule has 1 N–H and O–H groups in total. The van der Waals surface area contributed by atoms with Crippen molar-refractivity contribution in [1.82, 2.24) is 5.16 Å². The van der Waals surface area contributed by atoms with Crippen LogP contribution < -0.4 is 10.1 Å². The van der Waals surface area contributed by atoms with E-state index >= 15 is 0 Å². The lowest BCUT2D eigenvalue weighted by Gasteiger charge is -2.19. The Balaban J connectivity index is 1.88. The monoisotopic (exact) mass is 394 g/mol. The van der Waals surface area contributed by atoms with Crippen molar-refractivity contribution in [3.8, 4) is 5.75 Å². The molecule has 1 atom stereocenters. The largest absolute Gasteiger partial charge is 0.492 e. The van der Waals surface area contributed by atoms with Gasteiger partial charge in [0, 0.05) is 5.56 Å². The van der Waals surface area contributed by atoms with Gasteiger partial charge < -0.3 is 19.3 Å². The summed E-state index contributed by atoms with van der Waals surface area (Å²) in [6.07, 6.45) is -1.16. The zero-order valence-electron chi connectivity index (χ0n) is 16.5. The molecular weight excluding hydrogens is 372 g/mol. The van der Waals surface area contributed by atoms with E-state index in [1.807, 2.05) is 19.1 Å². The molecule has 7 nitrogen and oxygen atoms in total. The molecule has 2 aromatic carbocycles. The first kappa shape index (κ1) is 20.1. The third kappa shape index (κ3) is 4.63. The molecule has 7 heteroatoms. The summed E-state index contributed by atoms with van der Waals surface area (Å²) in [4.78, 5) is 25.8. The van der Waals surface area contributed by atoms with Gasteiger partial charge in [-0.25, -0.2) is 4.79 Å². The Hall–Kier alpha value is -3.61. The second kappa shape index (κ2) is 9.05. The standard InChI is InChI=1S/C22H22N2O5/c1-4-27-18-13-9-8-12-17(18)23-21(25)20(16-10-6-5-7-11-16)28-22(26)19-14(2)24-29-15(19)3/h5-13,20H,4H2,1-3H3,(H,23,25)/t20-/m1/s1. The molecule has 1 amide bonds. The van der Waals surface area contributed by atoms with Crippen LogP contribution in [0.25, 0.3) is 0 Å². The van der Waals surface area contributed by atoms with E-state index in [0.29, 0.717) is 35.1 Å². The average molecular weight is 394 g/mol. The fourth-order valence-corrected chi connectivity index (χ4v) is 2.89. The van der Waals surface area contributed by atoms with Crippen molar-refractivity contribution < 1.29 is 23.6 Å². The molecular formula is C22H22N2O5. The number of para-hydroxylation sites is 2. The number of ether oxygens (including phenoxy) is 2. The summed E-state index contributed by atoms with van der Waals surface area (Å²) >= 11 is 0. The summed E-state index contributed by atoms with van der Waals surface area (Å²) in [6, 6.07) is 15.9. The quantitative estimate of drug-likeness (QED) is 0.603. The zero-order valence-corrected chi connectivity index (χ0v) is 16.5. The molecule has 0 aliphatic rings. The minimum atomic E-state index is -1.16. The highest BCUT2D eigenvalue weighted by atomic mass is 16.6. The molecule has 1 heterocycles. The molecule has 0 bridgehead atoms. The Morgan fingerprint density at radius 2 is 1.76 bits per heavy atom. The van der Waals surface area contributed by atoms with Crippen molar-refractivity contribution in [2.24, 2.45) is 0 Å². The summed E-state index contributed by atoms with van der Waals surface area (Å²) < 4.78 is 16.2. The Labute approximate surface area is 168 Å². The Kier molecular flexibility index (Phi) is 6.29. The average Bonchev–Trinajstić information content (AvgIpc) is 3.06. The van der Waals surface area contributed by atoms with Gasteiger partial charge in [0.2, 0.25) is 6.10 Å². The van der Waals surface area contributed by atoms with Gasteiger partial charge in [-0.1, -0.05) is 47.6 Å². The van der Waals surface area contributed by atoms with Gasteiger partial charge in [0.05, 0.1) is 18.0 Å². The molecule has 0 saturated carbocycles. The van der Waals surface area contributed by atoms with Crippen LogP contribution in [0.5, 0.6) is 5.75 Å². The van der Waals surface area contributed by atoms with Crippen molar-refractivity contribution >= 4 is 17.6 Å². The number of hydrogen-bond acceptors (Lipinski definition) is 6. The van der Waals surface area contributed by atoms with Gasteiger partial charge in [-0.05, 0) is 32.9 Å². The molecule has 0 saturated heterocycles. The van der Waals surface area contributed by atoms with Crippen LogP contribution >= 0.6 is 0 Å². The number of rotatable bonds is 7. The fourth-order valence-electron chi connectivity index (χ4n) is 2.89.